The van der Waals surface area contributed by atoms with Crippen molar-refractivity contribution in [3.05, 3.63) is 53.6 Å². The van der Waals surface area contributed by atoms with Crippen LogP contribution in [0.4, 0.5) is 14.5 Å². The van der Waals surface area contributed by atoms with Crippen molar-refractivity contribution >= 4 is 17.6 Å². The Morgan fingerprint density at radius 1 is 1.17 bits per heavy atom. The number of phenolic OH excluding ortho intramolecular Hbond substituents is 1. The van der Waals surface area contributed by atoms with Crippen LogP contribution in [-0.4, -0.2) is 30.7 Å². The number of anilines is 1. The van der Waals surface area contributed by atoms with Gasteiger partial charge in [0.25, 0.3) is 5.91 Å². The third kappa shape index (κ3) is 4.19. The van der Waals surface area contributed by atoms with E-state index in [1.807, 2.05) is 0 Å². The molecule has 2 aromatic rings. The quantitative estimate of drug-likeness (QED) is 0.819. The number of phenols is 1. The van der Waals surface area contributed by atoms with Crippen LogP contribution in [0.2, 0.25) is 0 Å². The van der Waals surface area contributed by atoms with Crippen LogP contribution in [0.3, 0.4) is 0 Å². The molecule has 0 heterocycles. The highest BCUT2D eigenvalue weighted by Gasteiger charge is 2.16. The second-order valence-electron chi connectivity index (χ2n) is 4.63. The molecule has 2 rings (SSSR count). The minimum atomic E-state index is -0.958. The summed E-state index contributed by atoms with van der Waals surface area (Å²) in [6.07, 6.45) is 0. The van der Waals surface area contributed by atoms with Gasteiger partial charge in [0.15, 0.2) is 6.61 Å². The van der Waals surface area contributed by atoms with Gasteiger partial charge in [-0.05, 0) is 30.3 Å². The number of amides is 1. The summed E-state index contributed by atoms with van der Waals surface area (Å²) >= 11 is 0. The SMILES string of the molecule is COc1ccc(O)c(C(=O)OCC(=O)Nc2ccc(F)cc2F)c1. The molecule has 0 spiro atoms. The van der Waals surface area contributed by atoms with E-state index < -0.39 is 30.1 Å². The zero-order chi connectivity index (χ0) is 17.7. The molecule has 8 heteroatoms. The summed E-state index contributed by atoms with van der Waals surface area (Å²) in [4.78, 5) is 23.5. The van der Waals surface area contributed by atoms with Gasteiger partial charge in [-0.15, -0.1) is 0 Å². The number of carbonyl (C=O) groups is 2. The third-order valence-corrected chi connectivity index (χ3v) is 2.96. The number of benzene rings is 2. The van der Waals surface area contributed by atoms with E-state index in [9.17, 15) is 23.5 Å². The van der Waals surface area contributed by atoms with Gasteiger partial charge in [0.05, 0.1) is 12.8 Å². The van der Waals surface area contributed by atoms with Gasteiger partial charge >= 0.3 is 5.97 Å². The number of hydrogen-bond donors (Lipinski definition) is 2. The lowest BCUT2D eigenvalue weighted by Crippen LogP contribution is -2.21. The molecule has 0 unspecified atom stereocenters. The van der Waals surface area contributed by atoms with Crippen molar-refractivity contribution in [3.63, 3.8) is 0 Å². The Balaban J connectivity index is 1.97. The molecule has 0 aromatic heterocycles. The summed E-state index contributed by atoms with van der Waals surface area (Å²) < 4.78 is 35.8. The van der Waals surface area contributed by atoms with E-state index in [-0.39, 0.29) is 17.0 Å². The van der Waals surface area contributed by atoms with Crippen LogP contribution in [-0.2, 0) is 9.53 Å². The molecule has 24 heavy (non-hydrogen) atoms. The highest BCUT2D eigenvalue weighted by atomic mass is 19.1. The average Bonchev–Trinajstić information content (AvgIpc) is 2.55. The number of methoxy groups -OCH3 is 1. The van der Waals surface area contributed by atoms with Crippen LogP contribution in [0.25, 0.3) is 0 Å². The molecular formula is C16H13F2NO5. The number of halogens is 2. The minimum Gasteiger partial charge on any atom is -0.507 e. The highest BCUT2D eigenvalue weighted by Crippen LogP contribution is 2.23. The summed E-state index contributed by atoms with van der Waals surface area (Å²) in [6.45, 7) is -0.716. The number of aromatic hydroxyl groups is 1. The number of nitrogens with one attached hydrogen (secondary N) is 1. The van der Waals surface area contributed by atoms with Crippen LogP contribution in [0.15, 0.2) is 36.4 Å². The predicted octanol–water partition coefficient (Wildman–Crippen LogP) is 2.47. The zero-order valence-electron chi connectivity index (χ0n) is 12.5. The molecule has 6 nitrogen and oxygen atoms in total. The number of rotatable bonds is 5. The maximum atomic E-state index is 13.4. The molecular weight excluding hydrogens is 324 g/mol. The maximum Gasteiger partial charge on any atom is 0.342 e. The minimum absolute atomic E-state index is 0.185. The molecule has 126 valence electrons. The lowest BCUT2D eigenvalue weighted by Gasteiger charge is -2.09. The van der Waals surface area contributed by atoms with Crippen LogP contribution < -0.4 is 10.1 Å². The van der Waals surface area contributed by atoms with Gasteiger partial charge in [0.2, 0.25) is 0 Å². The number of ether oxygens (including phenoxy) is 2. The van der Waals surface area contributed by atoms with Crippen LogP contribution in [0, 0.1) is 11.6 Å². The van der Waals surface area contributed by atoms with Crippen molar-refractivity contribution in [2.45, 2.75) is 0 Å². The fraction of sp³-hybridized carbons (Fsp3) is 0.125. The number of carbonyl (C=O) groups excluding carboxylic acids is 2. The normalized spacial score (nSPS) is 10.1. The Morgan fingerprint density at radius 2 is 1.92 bits per heavy atom. The lowest BCUT2D eigenvalue weighted by atomic mass is 10.2. The molecule has 2 aromatic carbocycles. The van der Waals surface area contributed by atoms with Gasteiger partial charge in [-0.1, -0.05) is 0 Å². The predicted molar refractivity (Wildman–Crippen MR) is 79.9 cm³/mol. The van der Waals surface area contributed by atoms with Gasteiger partial charge in [0, 0.05) is 6.07 Å². The lowest BCUT2D eigenvalue weighted by molar-refractivity contribution is -0.119. The van der Waals surface area contributed by atoms with Crippen molar-refractivity contribution in [1.82, 2.24) is 0 Å². The molecule has 0 aliphatic rings. The van der Waals surface area contributed by atoms with Crippen molar-refractivity contribution in [3.8, 4) is 11.5 Å². The molecule has 0 bridgehead atoms. The molecule has 0 saturated carbocycles. The molecule has 0 saturated heterocycles. The number of esters is 1. The molecule has 2 N–H and O–H groups in total. The number of hydrogen-bond acceptors (Lipinski definition) is 5. The van der Waals surface area contributed by atoms with Crippen molar-refractivity contribution in [2.75, 3.05) is 19.0 Å². The topological polar surface area (TPSA) is 84.9 Å². The van der Waals surface area contributed by atoms with Gasteiger partial charge in [0.1, 0.15) is 28.7 Å². The fourth-order valence-corrected chi connectivity index (χ4v) is 1.79. The zero-order valence-corrected chi connectivity index (χ0v) is 12.5. The van der Waals surface area contributed by atoms with E-state index in [4.69, 9.17) is 9.47 Å². The van der Waals surface area contributed by atoms with E-state index in [2.05, 4.69) is 5.32 Å². The molecule has 1 amide bonds. The highest BCUT2D eigenvalue weighted by molar-refractivity contribution is 5.97. The monoisotopic (exact) mass is 337 g/mol. The summed E-state index contributed by atoms with van der Waals surface area (Å²) in [5.41, 5.74) is -0.434. The Hall–Kier alpha value is -3.16. The molecule has 0 aliphatic heterocycles. The van der Waals surface area contributed by atoms with Crippen LogP contribution in [0.1, 0.15) is 10.4 Å². The van der Waals surface area contributed by atoms with Crippen molar-refractivity contribution in [2.24, 2.45) is 0 Å². The first kappa shape index (κ1) is 17.2. The standard InChI is InChI=1S/C16H13F2NO5/c1-23-10-3-5-14(20)11(7-10)16(22)24-8-15(21)19-13-4-2-9(17)6-12(13)18/h2-7,20H,8H2,1H3,(H,19,21). The average molecular weight is 337 g/mol. The Labute approximate surface area is 135 Å². The summed E-state index contributed by atoms with van der Waals surface area (Å²) in [5, 5.41) is 11.8. The van der Waals surface area contributed by atoms with E-state index in [0.29, 0.717) is 11.8 Å². The van der Waals surface area contributed by atoms with Gasteiger partial charge in [-0.2, -0.15) is 0 Å². The Kier molecular flexibility index (Phi) is 5.31. The van der Waals surface area contributed by atoms with Crippen LogP contribution in [0.5, 0.6) is 11.5 Å². The van der Waals surface area contributed by atoms with E-state index in [1.54, 1.807) is 0 Å². The van der Waals surface area contributed by atoms with E-state index in [0.717, 1.165) is 12.1 Å². The first-order valence-electron chi connectivity index (χ1n) is 6.69. The summed E-state index contributed by atoms with van der Waals surface area (Å²) in [7, 11) is 1.38. The molecule has 0 atom stereocenters. The van der Waals surface area contributed by atoms with Crippen LogP contribution >= 0.6 is 0 Å². The Morgan fingerprint density at radius 3 is 2.58 bits per heavy atom. The summed E-state index contributed by atoms with van der Waals surface area (Å²) in [6, 6.07) is 6.54. The largest absolute Gasteiger partial charge is 0.507 e. The molecule has 0 radical (unpaired) electrons. The Bertz CT molecular complexity index is 779. The maximum absolute atomic E-state index is 13.4. The third-order valence-electron chi connectivity index (χ3n) is 2.96. The van der Waals surface area contributed by atoms with E-state index in [1.165, 1.54) is 25.3 Å². The molecule has 0 aliphatic carbocycles. The first-order chi connectivity index (χ1) is 11.4. The van der Waals surface area contributed by atoms with Gasteiger partial charge < -0.3 is 19.9 Å². The second kappa shape index (κ2) is 7.40. The van der Waals surface area contributed by atoms with Crippen molar-refractivity contribution in [1.29, 1.82) is 0 Å². The smallest absolute Gasteiger partial charge is 0.342 e. The fourth-order valence-electron chi connectivity index (χ4n) is 1.79. The van der Waals surface area contributed by atoms with Gasteiger partial charge in [-0.3, -0.25) is 4.79 Å². The first-order valence-corrected chi connectivity index (χ1v) is 6.69. The van der Waals surface area contributed by atoms with E-state index >= 15 is 0 Å². The second-order valence-corrected chi connectivity index (χ2v) is 4.63. The summed E-state index contributed by atoms with van der Waals surface area (Å²) in [5.74, 6) is -3.55. The van der Waals surface area contributed by atoms with Gasteiger partial charge in [-0.25, -0.2) is 13.6 Å². The molecule has 0 fully saturated rings. The van der Waals surface area contributed by atoms with Crippen molar-refractivity contribution < 1.29 is 33.0 Å².